The Hall–Kier alpha value is -3.02. The normalized spacial score (nSPS) is 12.5. The fourth-order valence-electron chi connectivity index (χ4n) is 2.67. The molecule has 3 N–H and O–H groups in total. The first kappa shape index (κ1) is 15.9. The third kappa shape index (κ3) is 2.56. The molecule has 2 aromatic carbocycles. The van der Waals surface area contributed by atoms with Gasteiger partial charge >= 0.3 is 5.97 Å². The topological polar surface area (TPSA) is 108 Å². The molecule has 1 aromatic heterocycles. The van der Waals surface area contributed by atoms with E-state index in [-0.39, 0.29) is 33.4 Å². The summed E-state index contributed by atoms with van der Waals surface area (Å²) in [6.45, 7) is 1.59. The predicted molar refractivity (Wildman–Crippen MR) is 88.4 cm³/mol. The zero-order valence-electron chi connectivity index (χ0n) is 12.9. The Bertz CT molecular complexity index is 1000. The average Bonchev–Trinajstić information content (AvgIpc) is 2.54. The van der Waals surface area contributed by atoms with E-state index in [2.05, 4.69) is 0 Å². The molecule has 0 radical (unpaired) electrons. The molecular formula is C18H16O6. The van der Waals surface area contributed by atoms with Crippen LogP contribution in [0.15, 0.2) is 39.5 Å². The van der Waals surface area contributed by atoms with Crippen molar-refractivity contribution in [2.45, 2.75) is 19.8 Å². The van der Waals surface area contributed by atoms with Gasteiger partial charge in [-0.25, -0.2) is 0 Å². The summed E-state index contributed by atoms with van der Waals surface area (Å²) in [6.07, 6.45) is 0.698. The number of aryl methyl sites for hydroxylation is 1. The second kappa shape index (κ2) is 5.88. The lowest BCUT2D eigenvalue weighted by Gasteiger charge is -2.10. The Kier molecular flexibility index (Phi) is 3.89. The zero-order chi connectivity index (χ0) is 17.4. The van der Waals surface area contributed by atoms with Crippen LogP contribution in [-0.4, -0.2) is 21.3 Å². The van der Waals surface area contributed by atoms with Crippen molar-refractivity contribution in [1.29, 1.82) is 0 Å². The lowest BCUT2D eigenvalue weighted by atomic mass is 9.99. The summed E-state index contributed by atoms with van der Waals surface area (Å²) in [4.78, 5) is 23.4. The van der Waals surface area contributed by atoms with E-state index in [1.54, 1.807) is 19.1 Å². The number of carboxylic acids is 1. The standard InChI is InChI=1S/C18H16O6/c1-9(18(22)23)5-6-10-7-8-11-16(21)14-12(19)3-2-4-13(14)24-17(11)15(10)20/h2-4,7-9,19-20H,5-6H2,1H3,(H,22,23). The lowest BCUT2D eigenvalue weighted by Crippen LogP contribution is -2.10. The number of hydrogen-bond donors (Lipinski definition) is 3. The second-order valence-corrected chi connectivity index (χ2v) is 5.81. The van der Waals surface area contributed by atoms with Crippen molar-refractivity contribution in [3.05, 3.63) is 46.1 Å². The largest absolute Gasteiger partial charge is 0.507 e. The molecule has 1 atom stereocenters. The molecule has 0 fully saturated rings. The summed E-state index contributed by atoms with van der Waals surface area (Å²) in [7, 11) is 0. The fraction of sp³-hybridized carbons (Fsp3) is 0.222. The van der Waals surface area contributed by atoms with Gasteiger partial charge in [0.2, 0.25) is 5.43 Å². The smallest absolute Gasteiger partial charge is 0.306 e. The van der Waals surface area contributed by atoms with Crippen molar-refractivity contribution < 1.29 is 24.5 Å². The Morgan fingerprint density at radius 2 is 1.96 bits per heavy atom. The minimum Gasteiger partial charge on any atom is -0.507 e. The van der Waals surface area contributed by atoms with E-state index in [0.717, 1.165) is 0 Å². The van der Waals surface area contributed by atoms with Gasteiger partial charge in [-0.15, -0.1) is 0 Å². The van der Waals surface area contributed by atoms with Crippen LogP contribution in [0.1, 0.15) is 18.9 Å². The maximum Gasteiger partial charge on any atom is 0.306 e. The molecule has 124 valence electrons. The molecule has 0 saturated heterocycles. The van der Waals surface area contributed by atoms with Gasteiger partial charge in [0.05, 0.1) is 11.3 Å². The van der Waals surface area contributed by atoms with Gasteiger partial charge in [-0.2, -0.15) is 0 Å². The van der Waals surface area contributed by atoms with Crippen molar-refractivity contribution >= 4 is 27.9 Å². The number of carbonyl (C=O) groups is 1. The Morgan fingerprint density at radius 1 is 1.21 bits per heavy atom. The number of hydrogen-bond acceptors (Lipinski definition) is 5. The lowest BCUT2D eigenvalue weighted by molar-refractivity contribution is -0.141. The number of benzene rings is 2. The average molecular weight is 328 g/mol. The summed E-state index contributed by atoms with van der Waals surface area (Å²) in [5.74, 6) is -1.79. The van der Waals surface area contributed by atoms with Gasteiger partial charge in [0, 0.05) is 0 Å². The summed E-state index contributed by atoms with van der Waals surface area (Å²) < 4.78 is 5.61. The Labute approximate surface area is 136 Å². The molecule has 0 amide bonds. The number of aromatic hydroxyl groups is 2. The minimum atomic E-state index is -0.900. The minimum absolute atomic E-state index is 0.0404. The van der Waals surface area contributed by atoms with Gasteiger partial charge in [0.1, 0.15) is 16.7 Å². The van der Waals surface area contributed by atoms with Crippen LogP contribution in [-0.2, 0) is 11.2 Å². The molecule has 1 unspecified atom stereocenters. The molecule has 6 nitrogen and oxygen atoms in total. The highest BCUT2D eigenvalue weighted by Gasteiger charge is 2.17. The molecule has 0 aliphatic rings. The molecule has 0 spiro atoms. The molecule has 1 heterocycles. The highest BCUT2D eigenvalue weighted by Crippen LogP contribution is 2.32. The van der Waals surface area contributed by atoms with E-state index in [1.807, 2.05) is 0 Å². The fourth-order valence-corrected chi connectivity index (χ4v) is 2.67. The van der Waals surface area contributed by atoms with Gasteiger partial charge < -0.3 is 19.7 Å². The van der Waals surface area contributed by atoms with Crippen LogP contribution in [0.3, 0.4) is 0 Å². The molecule has 0 saturated carbocycles. The first-order chi connectivity index (χ1) is 11.4. The van der Waals surface area contributed by atoms with E-state index in [4.69, 9.17) is 9.52 Å². The molecule has 24 heavy (non-hydrogen) atoms. The quantitative estimate of drug-likeness (QED) is 0.635. The third-order valence-electron chi connectivity index (χ3n) is 4.17. The molecule has 3 aromatic rings. The molecule has 0 aliphatic carbocycles. The van der Waals surface area contributed by atoms with E-state index < -0.39 is 17.3 Å². The summed E-state index contributed by atoms with van der Waals surface area (Å²) in [6, 6.07) is 7.57. The van der Waals surface area contributed by atoms with Crippen LogP contribution in [0, 0.1) is 5.92 Å². The van der Waals surface area contributed by atoms with Crippen LogP contribution in [0.4, 0.5) is 0 Å². The SMILES string of the molecule is CC(CCc1ccc2c(=O)c3c(O)cccc3oc2c1O)C(=O)O. The Balaban J connectivity index is 2.14. The van der Waals surface area contributed by atoms with Crippen molar-refractivity contribution in [3.63, 3.8) is 0 Å². The van der Waals surface area contributed by atoms with Crippen molar-refractivity contribution in [2.75, 3.05) is 0 Å². The number of phenolic OH excluding ortho intramolecular Hbond substituents is 2. The maximum absolute atomic E-state index is 12.5. The van der Waals surface area contributed by atoms with Gasteiger partial charge in [0.15, 0.2) is 11.3 Å². The van der Waals surface area contributed by atoms with Gasteiger partial charge in [-0.1, -0.05) is 19.1 Å². The highest BCUT2D eigenvalue weighted by atomic mass is 16.4. The van der Waals surface area contributed by atoms with Crippen molar-refractivity contribution in [1.82, 2.24) is 0 Å². The molecule has 3 rings (SSSR count). The maximum atomic E-state index is 12.5. The van der Waals surface area contributed by atoms with Gasteiger partial charge in [0.25, 0.3) is 0 Å². The number of aliphatic carboxylic acids is 1. The first-order valence-corrected chi connectivity index (χ1v) is 7.52. The van der Waals surface area contributed by atoms with E-state index in [9.17, 15) is 19.8 Å². The van der Waals surface area contributed by atoms with Crippen LogP contribution in [0.5, 0.6) is 11.5 Å². The van der Waals surface area contributed by atoms with Crippen LogP contribution in [0.2, 0.25) is 0 Å². The molecular weight excluding hydrogens is 312 g/mol. The monoisotopic (exact) mass is 328 g/mol. The van der Waals surface area contributed by atoms with E-state index in [1.165, 1.54) is 18.2 Å². The van der Waals surface area contributed by atoms with Crippen molar-refractivity contribution in [3.8, 4) is 11.5 Å². The number of fused-ring (bicyclic) bond motifs is 2. The number of phenols is 2. The first-order valence-electron chi connectivity index (χ1n) is 7.52. The summed E-state index contributed by atoms with van der Waals surface area (Å²) >= 11 is 0. The van der Waals surface area contributed by atoms with Crippen LogP contribution < -0.4 is 5.43 Å². The summed E-state index contributed by atoms with van der Waals surface area (Å²) in [5, 5.41) is 29.4. The van der Waals surface area contributed by atoms with Crippen LogP contribution in [0.25, 0.3) is 21.9 Å². The molecule has 6 heteroatoms. The predicted octanol–water partition coefficient (Wildman–Crippen LogP) is 3.01. The van der Waals surface area contributed by atoms with E-state index >= 15 is 0 Å². The van der Waals surface area contributed by atoms with Gasteiger partial charge in [-0.05, 0) is 36.6 Å². The zero-order valence-corrected chi connectivity index (χ0v) is 12.9. The van der Waals surface area contributed by atoms with Gasteiger partial charge in [-0.3, -0.25) is 9.59 Å². The number of rotatable bonds is 4. The highest BCUT2D eigenvalue weighted by molar-refractivity contribution is 5.95. The number of carboxylic acid groups (broad SMARTS) is 1. The second-order valence-electron chi connectivity index (χ2n) is 5.81. The Morgan fingerprint density at radius 3 is 2.67 bits per heavy atom. The van der Waals surface area contributed by atoms with E-state index in [0.29, 0.717) is 18.4 Å². The van der Waals surface area contributed by atoms with Crippen LogP contribution >= 0.6 is 0 Å². The third-order valence-corrected chi connectivity index (χ3v) is 4.17. The molecule has 0 aliphatic heterocycles. The molecule has 0 bridgehead atoms. The summed E-state index contributed by atoms with van der Waals surface area (Å²) in [5.41, 5.74) is 0.306. The van der Waals surface area contributed by atoms with Crippen molar-refractivity contribution in [2.24, 2.45) is 5.92 Å².